The lowest BCUT2D eigenvalue weighted by Gasteiger charge is -2.20. The largest absolute Gasteiger partial charge is 0.481 e. The molecule has 0 spiro atoms. The van der Waals surface area contributed by atoms with Crippen LogP contribution in [0.4, 0.5) is 0 Å². The molecule has 1 unspecified atom stereocenters. The molecule has 20 heavy (non-hydrogen) atoms. The van der Waals surface area contributed by atoms with Gasteiger partial charge in [-0.1, -0.05) is 11.6 Å². The van der Waals surface area contributed by atoms with Crippen LogP contribution in [0, 0.1) is 5.41 Å². The number of carboxylic acids is 1. The molecule has 0 amide bonds. The van der Waals surface area contributed by atoms with Gasteiger partial charge in [0.15, 0.2) is 0 Å². The number of hydrogen-bond donors (Lipinski definition) is 1. The van der Waals surface area contributed by atoms with Gasteiger partial charge in [-0.15, -0.1) is 0 Å². The normalized spacial score (nSPS) is 23.9. The van der Waals surface area contributed by atoms with Crippen molar-refractivity contribution in [2.45, 2.75) is 18.2 Å². The number of carbonyl (C=O) groups is 1. The highest BCUT2D eigenvalue weighted by Crippen LogP contribution is 2.36. The Morgan fingerprint density at radius 2 is 2.15 bits per heavy atom. The lowest BCUT2D eigenvalue weighted by atomic mass is 9.90. The smallest absolute Gasteiger partial charge is 0.310 e. The Bertz CT molecular complexity index is 663. The third-order valence-electron chi connectivity index (χ3n) is 3.47. The topological polar surface area (TPSA) is 74.7 Å². The highest BCUT2D eigenvalue weighted by molar-refractivity contribution is 9.10. The van der Waals surface area contributed by atoms with Crippen LogP contribution in [0.1, 0.15) is 13.3 Å². The third kappa shape index (κ3) is 2.72. The van der Waals surface area contributed by atoms with Gasteiger partial charge >= 0.3 is 5.97 Å². The summed E-state index contributed by atoms with van der Waals surface area (Å²) in [5.41, 5.74) is -1.04. The van der Waals surface area contributed by atoms with Gasteiger partial charge in [-0.05, 0) is 47.5 Å². The number of carboxylic acid groups (broad SMARTS) is 1. The van der Waals surface area contributed by atoms with Crippen molar-refractivity contribution in [3.63, 3.8) is 0 Å². The summed E-state index contributed by atoms with van der Waals surface area (Å²) in [7, 11) is -3.76. The van der Waals surface area contributed by atoms with Crippen LogP contribution in [-0.2, 0) is 14.8 Å². The van der Waals surface area contributed by atoms with Crippen LogP contribution >= 0.6 is 27.5 Å². The highest BCUT2D eigenvalue weighted by atomic mass is 79.9. The molecule has 0 saturated carbocycles. The minimum atomic E-state index is -3.76. The van der Waals surface area contributed by atoms with E-state index in [1.807, 2.05) is 0 Å². The SMILES string of the molecule is CC1(C(=O)O)CCN(S(=O)(=O)c2cc(Cl)ccc2Br)C1. The summed E-state index contributed by atoms with van der Waals surface area (Å²) in [6.07, 6.45) is 0.291. The number of hydrogen-bond acceptors (Lipinski definition) is 3. The fourth-order valence-corrected chi connectivity index (χ4v) is 4.86. The Labute approximate surface area is 130 Å². The summed E-state index contributed by atoms with van der Waals surface area (Å²) in [5, 5.41) is 9.49. The molecule has 5 nitrogen and oxygen atoms in total. The highest BCUT2D eigenvalue weighted by Gasteiger charge is 2.45. The summed E-state index contributed by atoms with van der Waals surface area (Å²) in [4.78, 5) is 11.3. The monoisotopic (exact) mass is 381 g/mol. The summed E-state index contributed by atoms with van der Waals surface area (Å²) in [6, 6.07) is 4.50. The van der Waals surface area contributed by atoms with E-state index < -0.39 is 21.4 Å². The zero-order valence-corrected chi connectivity index (χ0v) is 13.8. The van der Waals surface area contributed by atoms with Crippen LogP contribution in [0.25, 0.3) is 0 Å². The predicted octanol–water partition coefficient (Wildman–Crippen LogP) is 2.59. The first-order valence-electron chi connectivity index (χ1n) is 5.85. The van der Waals surface area contributed by atoms with E-state index in [9.17, 15) is 18.3 Å². The Morgan fingerprint density at radius 3 is 2.70 bits per heavy atom. The second kappa shape index (κ2) is 5.29. The van der Waals surface area contributed by atoms with E-state index in [1.165, 1.54) is 10.4 Å². The number of rotatable bonds is 3. The van der Waals surface area contributed by atoms with Crippen LogP contribution in [0.2, 0.25) is 5.02 Å². The molecule has 1 aromatic carbocycles. The average molecular weight is 383 g/mol. The quantitative estimate of drug-likeness (QED) is 0.872. The molecule has 0 aliphatic carbocycles. The van der Waals surface area contributed by atoms with Crippen LogP contribution in [0.5, 0.6) is 0 Å². The van der Waals surface area contributed by atoms with Gasteiger partial charge in [0, 0.05) is 22.6 Å². The summed E-state index contributed by atoms with van der Waals surface area (Å²) < 4.78 is 26.7. The van der Waals surface area contributed by atoms with E-state index in [-0.39, 0.29) is 18.0 Å². The van der Waals surface area contributed by atoms with Crippen molar-refractivity contribution in [2.24, 2.45) is 5.41 Å². The van der Waals surface area contributed by atoms with Crippen molar-refractivity contribution in [3.05, 3.63) is 27.7 Å². The Balaban J connectivity index is 2.38. The van der Waals surface area contributed by atoms with E-state index in [1.54, 1.807) is 19.1 Å². The minimum Gasteiger partial charge on any atom is -0.481 e. The molecular formula is C12H13BrClNO4S. The molecule has 1 aromatic rings. The molecule has 0 aromatic heterocycles. The lowest BCUT2D eigenvalue weighted by Crippen LogP contribution is -2.35. The standard InChI is InChI=1S/C12H13BrClNO4S/c1-12(11(16)17)4-5-15(7-12)20(18,19)10-6-8(14)2-3-9(10)13/h2-3,6H,4-5,7H2,1H3,(H,16,17). The second-order valence-electron chi connectivity index (χ2n) is 5.03. The molecule has 2 rings (SSSR count). The first-order valence-corrected chi connectivity index (χ1v) is 8.46. The van der Waals surface area contributed by atoms with Crippen molar-refractivity contribution in [1.29, 1.82) is 0 Å². The molecular weight excluding hydrogens is 370 g/mol. The van der Waals surface area contributed by atoms with E-state index in [0.29, 0.717) is 15.9 Å². The van der Waals surface area contributed by atoms with Crippen LogP contribution < -0.4 is 0 Å². The van der Waals surface area contributed by atoms with E-state index in [2.05, 4.69) is 15.9 Å². The Hall–Kier alpha value is -0.630. The van der Waals surface area contributed by atoms with E-state index >= 15 is 0 Å². The molecule has 0 bridgehead atoms. The van der Waals surface area contributed by atoms with Crippen molar-refractivity contribution in [2.75, 3.05) is 13.1 Å². The van der Waals surface area contributed by atoms with E-state index in [4.69, 9.17) is 11.6 Å². The van der Waals surface area contributed by atoms with Gasteiger partial charge in [-0.3, -0.25) is 4.79 Å². The van der Waals surface area contributed by atoms with Gasteiger partial charge in [0.1, 0.15) is 0 Å². The molecule has 110 valence electrons. The van der Waals surface area contributed by atoms with E-state index in [0.717, 1.165) is 0 Å². The number of halogens is 2. The maximum absolute atomic E-state index is 12.6. The fraction of sp³-hybridized carbons (Fsp3) is 0.417. The van der Waals surface area contributed by atoms with Gasteiger partial charge < -0.3 is 5.11 Å². The lowest BCUT2D eigenvalue weighted by molar-refractivity contribution is -0.146. The Morgan fingerprint density at radius 1 is 1.50 bits per heavy atom. The molecule has 1 N–H and O–H groups in total. The van der Waals surface area contributed by atoms with Crippen LogP contribution in [0.3, 0.4) is 0 Å². The molecule has 8 heteroatoms. The minimum absolute atomic E-state index is 0.0381. The predicted molar refractivity (Wildman–Crippen MR) is 78.3 cm³/mol. The summed E-state index contributed by atoms with van der Waals surface area (Å²) in [5.74, 6) is -0.986. The summed E-state index contributed by atoms with van der Waals surface area (Å²) >= 11 is 9.03. The maximum atomic E-state index is 12.6. The second-order valence-corrected chi connectivity index (χ2v) is 8.23. The number of nitrogens with zero attached hydrogens (tertiary/aromatic N) is 1. The number of benzene rings is 1. The molecule has 1 aliphatic heterocycles. The zero-order valence-electron chi connectivity index (χ0n) is 10.6. The fourth-order valence-electron chi connectivity index (χ4n) is 2.11. The third-order valence-corrected chi connectivity index (χ3v) is 6.54. The van der Waals surface area contributed by atoms with Crippen LogP contribution in [-0.4, -0.2) is 36.9 Å². The Kier molecular flexibility index (Phi) is 4.17. The van der Waals surface area contributed by atoms with Gasteiger partial charge in [0.25, 0.3) is 0 Å². The average Bonchev–Trinajstić information content (AvgIpc) is 2.77. The van der Waals surface area contributed by atoms with Crippen molar-refractivity contribution < 1.29 is 18.3 Å². The first-order chi connectivity index (χ1) is 9.17. The molecule has 1 aliphatic rings. The van der Waals surface area contributed by atoms with Crippen molar-refractivity contribution in [1.82, 2.24) is 4.31 Å². The van der Waals surface area contributed by atoms with Gasteiger partial charge in [0.05, 0.1) is 10.3 Å². The number of sulfonamides is 1. The van der Waals surface area contributed by atoms with Gasteiger partial charge in [-0.2, -0.15) is 4.31 Å². The van der Waals surface area contributed by atoms with Gasteiger partial charge in [0.2, 0.25) is 10.0 Å². The zero-order chi connectivity index (χ0) is 15.1. The molecule has 1 fully saturated rings. The van der Waals surface area contributed by atoms with Gasteiger partial charge in [-0.25, -0.2) is 8.42 Å². The molecule has 1 atom stereocenters. The molecule has 0 radical (unpaired) electrons. The molecule has 1 heterocycles. The number of aliphatic carboxylic acids is 1. The van der Waals surface area contributed by atoms with Crippen molar-refractivity contribution in [3.8, 4) is 0 Å². The maximum Gasteiger partial charge on any atom is 0.310 e. The summed E-state index contributed by atoms with van der Waals surface area (Å²) in [6.45, 7) is 1.70. The van der Waals surface area contributed by atoms with Crippen LogP contribution in [0.15, 0.2) is 27.6 Å². The van der Waals surface area contributed by atoms with Crippen molar-refractivity contribution >= 4 is 43.5 Å². The molecule has 1 saturated heterocycles. The first kappa shape index (κ1) is 15.8.